The van der Waals surface area contributed by atoms with Crippen LogP contribution in [0.15, 0.2) is 65.6 Å². The number of carboxylic acids is 2. The van der Waals surface area contributed by atoms with Crippen LogP contribution in [0.4, 0.5) is 11.6 Å². The van der Waals surface area contributed by atoms with E-state index in [0.717, 1.165) is 30.2 Å². The van der Waals surface area contributed by atoms with Gasteiger partial charge >= 0.3 is 11.9 Å². The van der Waals surface area contributed by atoms with Crippen LogP contribution in [0.25, 0.3) is 32.7 Å². The number of aliphatic carboxylic acids is 2. The summed E-state index contributed by atoms with van der Waals surface area (Å²) in [6, 6.07) is 16.3. The molecule has 17 nitrogen and oxygen atoms in total. The first-order valence-electron chi connectivity index (χ1n) is 19.0. The quantitative estimate of drug-likeness (QED) is 0.0934. The summed E-state index contributed by atoms with van der Waals surface area (Å²) in [5.41, 5.74) is 9.41. The Morgan fingerprint density at radius 1 is 0.932 bits per heavy atom. The lowest BCUT2D eigenvalue weighted by molar-refractivity contribution is -0.140. The van der Waals surface area contributed by atoms with Crippen LogP contribution in [-0.4, -0.2) is 92.9 Å². The van der Waals surface area contributed by atoms with E-state index >= 15 is 0 Å². The van der Waals surface area contributed by atoms with Gasteiger partial charge in [-0.3, -0.25) is 24.3 Å². The van der Waals surface area contributed by atoms with Crippen molar-refractivity contribution in [3.63, 3.8) is 0 Å². The first-order valence-corrected chi connectivity index (χ1v) is 19.0. The van der Waals surface area contributed by atoms with Gasteiger partial charge < -0.3 is 40.8 Å². The van der Waals surface area contributed by atoms with E-state index in [9.17, 15) is 19.2 Å². The van der Waals surface area contributed by atoms with E-state index in [1.54, 1.807) is 33.5 Å². The number of hydrogen-bond acceptors (Lipinski definition) is 13. The lowest BCUT2D eigenvalue weighted by Crippen LogP contribution is -2.41. The SMILES string of the molecule is COc1ccc2c3c(c4cc(OC)c(OC)cc4c2c1)CN1CCC[C@H]1C3.Nc1nc2ncc(CNc3ccc(C(=O)N[C@@H](CCC(=O)O)C(=O)O)cc3)nc2c(=O)[nH]1. The number of anilines is 2. The third-order valence-corrected chi connectivity index (χ3v) is 10.7. The molecule has 2 atom stereocenters. The van der Waals surface area contributed by atoms with E-state index in [-0.39, 0.29) is 42.1 Å². The number of hydrogen-bond donors (Lipinski definition) is 6. The number of nitrogens with two attached hydrogens (primary N) is 1. The van der Waals surface area contributed by atoms with Crippen molar-refractivity contribution in [2.24, 2.45) is 0 Å². The number of nitrogens with zero attached hydrogens (tertiary/aromatic N) is 4. The Balaban J connectivity index is 0.000000181. The van der Waals surface area contributed by atoms with E-state index < -0.39 is 29.4 Å². The summed E-state index contributed by atoms with van der Waals surface area (Å²) >= 11 is 0. The van der Waals surface area contributed by atoms with E-state index in [2.05, 4.69) is 65.8 Å². The first kappa shape index (κ1) is 40.2. The molecule has 2 aromatic heterocycles. The van der Waals surface area contributed by atoms with Gasteiger partial charge in [0.1, 0.15) is 11.8 Å². The summed E-state index contributed by atoms with van der Waals surface area (Å²) in [5, 5.41) is 28.3. The number of nitrogen functional groups attached to an aromatic ring is 1. The summed E-state index contributed by atoms with van der Waals surface area (Å²) in [6.07, 6.45) is 4.58. The number of rotatable bonds is 12. The maximum atomic E-state index is 12.3. The molecule has 0 unspecified atom stereocenters. The molecule has 0 aliphatic carbocycles. The molecule has 2 aliphatic rings. The van der Waals surface area contributed by atoms with Crippen LogP contribution >= 0.6 is 0 Å². The topological polar surface area (TPSA) is 244 Å². The Kier molecular flexibility index (Phi) is 11.7. The number of carbonyl (C=O) groups is 3. The highest BCUT2D eigenvalue weighted by molar-refractivity contribution is 6.12. The van der Waals surface area contributed by atoms with Gasteiger partial charge in [0.2, 0.25) is 5.95 Å². The highest BCUT2D eigenvalue weighted by Crippen LogP contribution is 2.44. The zero-order valence-electron chi connectivity index (χ0n) is 32.7. The van der Waals surface area contributed by atoms with Crippen LogP contribution in [0, 0.1) is 0 Å². The fraction of sp³-hybridized carbons (Fsp3) is 0.310. The molecular weight excluding hydrogens is 761 g/mol. The van der Waals surface area contributed by atoms with Crippen LogP contribution < -0.4 is 36.1 Å². The Morgan fingerprint density at radius 3 is 2.36 bits per heavy atom. The first-order chi connectivity index (χ1) is 28.5. The standard InChI is InChI=1S/C23H25NO3.C19H19N7O6/c1-25-15-6-7-16-17-9-14-5-4-8-24(14)13-21(17)20-12-23(27-3)22(26-2)11-19(20)18(16)10-15;20-19-25-15-14(17(30)26-19)23-11(8-22-15)7-21-10-3-1-9(2-4-10)16(29)24-12(18(31)32)5-6-13(27)28/h6-7,10-12,14H,4-5,8-9,13H2,1-3H3;1-4,8,12,21H,5-7H2,(H,24,29)(H,27,28)(H,31,32)(H3,20,22,25,26,30)/t14-;12-/m00/s1. The number of H-pyrrole nitrogens is 1. The Bertz CT molecular complexity index is 2630. The predicted molar refractivity (Wildman–Crippen MR) is 220 cm³/mol. The Hall–Kier alpha value is -7.01. The van der Waals surface area contributed by atoms with Crippen molar-refractivity contribution in [2.45, 2.75) is 57.3 Å². The van der Waals surface area contributed by atoms with Crippen LogP contribution in [0.5, 0.6) is 17.2 Å². The van der Waals surface area contributed by atoms with Gasteiger partial charge in [-0.2, -0.15) is 4.98 Å². The molecule has 6 aromatic rings. The smallest absolute Gasteiger partial charge is 0.326 e. The lowest BCUT2D eigenvalue weighted by atomic mass is 9.85. The number of amides is 1. The summed E-state index contributed by atoms with van der Waals surface area (Å²) in [4.78, 5) is 63.2. The van der Waals surface area contributed by atoms with Gasteiger partial charge in [-0.15, -0.1) is 0 Å². The van der Waals surface area contributed by atoms with Gasteiger partial charge in [0.25, 0.3) is 11.5 Å². The number of carboxylic acid groups (broad SMARTS) is 2. The van der Waals surface area contributed by atoms with Gasteiger partial charge in [-0.25, -0.2) is 14.8 Å². The highest BCUT2D eigenvalue weighted by Gasteiger charge is 2.32. The molecule has 0 radical (unpaired) electrons. The van der Waals surface area contributed by atoms with Crippen molar-refractivity contribution in [2.75, 3.05) is 38.9 Å². The number of aromatic amines is 1. The average Bonchev–Trinajstić information content (AvgIpc) is 3.71. The molecule has 306 valence electrons. The predicted octanol–water partition coefficient (Wildman–Crippen LogP) is 4.49. The number of methoxy groups -OCH3 is 3. The summed E-state index contributed by atoms with van der Waals surface area (Å²) in [6.45, 7) is 2.46. The van der Waals surface area contributed by atoms with Gasteiger partial charge in [0.15, 0.2) is 22.7 Å². The molecule has 0 spiro atoms. The molecular formula is C42H44N8O9. The maximum absolute atomic E-state index is 12.3. The van der Waals surface area contributed by atoms with Gasteiger partial charge in [0, 0.05) is 30.3 Å². The van der Waals surface area contributed by atoms with Crippen LogP contribution in [0.2, 0.25) is 0 Å². The largest absolute Gasteiger partial charge is 0.497 e. The van der Waals surface area contributed by atoms with Crippen LogP contribution in [-0.2, 0) is 29.1 Å². The van der Waals surface area contributed by atoms with E-state index in [1.165, 1.54) is 70.4 Å². The van der Waals surface area contributed by atoms with Crippen molar-refractivity contribution in [1.82, 2.24) is 30.2 Å². The fourth-order valence-electron chi connectivity index (χ4n) is 7.75. The molecule has 7 N–H and O–H groups in total. The minimum atomic E-state index is -1.31. The molecule has 2 aliphatic heterocycles. The normalized spacial score (nSPS) is 15.1. The molecule has 4 heterocycles. The molecule has 4 aromatic carbocycles. The monoisotopic (exact) mass is 804 g/mol. The highest BCUT2D eigenvalue weighted by atomic mass is 16.5. The molecule has 1 amide bonds. The number of benzene rings is 4. The van der Waals surface area contributed by atoms with Gasteiger partial charge in [-0.1, -0.05) is 6.07 Å². The van der Waals surface area contributed by atoms with Crippen molar-refractivity contribution in [3.05, 3.63) is 93.5 Å². The summed E-state index contributed by atoms with van der Waals surface area (Å²) in [7, 11) is 5.12. The average molecular weight is 805 g/mol. The minimum Gasteiger partial charge on any atom is -0.497 e. The molecule has 0 saturated carbocycles. The maximum Gasteiger partial charge on any atom is 0.326 e. The second-order valence-electron chi connectivity index (χ2n) is 14.3. The van der Waals surface area contributed by atoms with Crippen molar-refractivity contribution in [1.29, 1.82) is 0 Å². The fourth-order valence-corrected chi connectivity index (χ4v) is 7.75. The number of aromatic nitrogens is 4. The van der Waals surface area contributed by atoms with Gasteiger partial charge in [0.05, 0.1) is 39.8 Å². The molecule has 59 heavy (non-hydrogen) atoms. The van der Waals surface area contributed by atoms with E-state index in [4.69, 9.17) is 30.2 Å². The number of carbonyl (C=O) groups excluding carboxylic acids is 1. The summed E-state index contributed by atoms with van der Waals surface area (Å²) in [5.74, 6) is -0.712. The second kappa shape index (κ2) is 17.2. The van der Waals surface area contributed by atoms with Crippen molar-refractivity contribution in [3.8, 4) is 17.2 Å². The third kappa shape index (κ3) is 8.64. The zero-order chi connectivity index (χ0) is 41.8. The molecule has 8 rings (SSSR count). The zero-order valence-corrected chi connectivity index (χ0v) is 32.7. The summed E-state index contributed by atoms with van der Waals surface area (Å²) < 4.78 is 16.7. The third-order valence-electron chi connectivity index (χ3n) is 10.7. The van der Waals surface area contributed by atoms with Gasteiger partial charge in [-0.05, 0) is 113 Å². The van der Waals surface area contributed by atoms with E-state index in [0.29, 0.717) is 17.4 Å². The van der Waals surface area contributed by atoms with Crippen molar-refractivity contribution >= 4 is 62.2 Å². The number of nitrogens with one attached hydrogen (secondary N) is 3. The molecule has 17 heteroatoms. The lowest BCUT2D eigenvalue weighted by Gasteiger charge is -2.33. The minimum absolute atomic E-state index is 0.0524. The number of fused-ring (bicyclic) bond motifs is 8. The number of ether oxygens (including phenoxy) is 3. The van der Waals surface area contributed by atoms with Crippen LogP contribution in [0.1, 0.15) is 52.9 Å². The Labute approximate surface area is 337 Å². The van der Waals surface area contributed by atoms with Crippen LogP contribution in [0.3, 0.4) is 0 Å². The van der Waals surface area contributed by atoms with E-state index in [1.807, 2.05) is 0 Å². The molecule has 1 saturated heterocycles. The van der Waals surface area contributed by atoms with Crippen molar-refractivity contribution < 1.29 is 38.8 Å². The molecule has 1 fully saturated rings. The molecule has 0 bridgehead atoms. The second-order valence-corrected chi connectivity index (χ2v) is 14.3. The Morgan fingerprint density at radius 2 is 1.66 bits per heavy atom.